The van der Waals surface area contributed by atoms with Crippen LogP contribution in [0.5, 0.6) is 0 Å². The van der Waals surface area contributed by atoms with Gasteiger partial charge >= 0.3 is 5.97 Å². The lowest BCUT2D eigenvalue weighted by atomic mass is 9.97. The van der Waals surface area contributed by atoms with E-state index in [9.17, 15) is 9.59 Å². The fourth-order valence-corrected chi connectivity index (χ4v) is 2.51. The highest BCUT2D eigenvalue weighted by Crippen LogP contribution is 2.18. The molecule has 1 atom stereocenters. The van der Waals surface area contributed by atoms with Gasteiger partial charge in [-0.1, -0.05) is 29.8 Å². The molecule has 4 heteroatoms. The van der Waals surface area contributed by atoms with Crippen LogP contribution in [0, 0.1) is 12.8 Å². The second-order valence-electron chi connectivity index (χ2n) is 5.18. The third-order valence-electron chi connectivity index (χ3n) is 3.56. The van der Waals surface area contributed by atoms with E-state index in [1.807, 2.05) is 31.2 Å². The van der Waals surface area contributed by atoms with Gasteiger partial charge in [0.15, 0.2) is 0 Å². The number of aliphatic carboxylic acids is 1. The number of carbonyl (C=O) groups is 2. The number of hydrogen-bond donors (Lipinski definition) is 1. The van der Waals surface area contributed by atoms with Gasteiger partial charge in [0.05, 0.1) is 12.3 Å². The number of benzene rings is 1. The number of piperidine rings is 1. The zero-order valence-corrected chi connectivity index (χ0v) is 11.1. The maximum atomic E-state index is 12.2. The van der Waals surface area contributed by atoms with Crippen molar-refractivity contribution in [1.29, 1.82) is 0 Å². The van der Waals surface area contributed by atoms with E-state index < -0.39 is 11.9 Å². The first-order valence-corrected chi connectivity index (χ1v) is 6.62. The molecule has 0 aromatic heterocycles. The van der Waals surface area contributed by atoms with Crippen molar-refractivity contribution in [2.45, 2.75) is 26.2 Å². The molecule has 0 bridgehead atoms. The molecule has 0 radical (unpaired) electrons. The normalized spacial score (nSPS) is 19.2. The molecule has 0 spiro atoms. The zero-order chi connectivity index (χ0) is 13.8. The first kappa shape index (κ1) is 13.6. The maximum Gasteiger partial charge on any atom is 0.308 e. The van der Waals surface area contributed by atoms with Crippen LogP contribution < -0.4 is 0 Å². The summed E-state index contributed by atoms with van der Waals surface area (Å²) in [6.45, 7) is 3.02. The summed E-state index contributed by atoms with van der Waals surface area (Å²) >= 11 is 0. The Balaban J connectivity index is 1.98. The fraction of sp³-hybridized carbons (Fsp3) is 0.467. The van der Waals surface area contributed by atoms with Crippen molar-refractivity contribution in [2.24, 2.45) is 5.92 Å². The number of carboxylic acid groups (broad SMARTS) is 1. The molecule has 4 nitrogen and oxygen atoms in total. The van der Waals surface area contributed by atoms with Gasteiger partial charge < -0.3 is 10.0 Å². The highest BCUT2D eigenvalue weighted by molar-refractivity contribution is 5.80. The first-order valence-electron chi connectivity index (χ1n) is 6.62. The second-order valence-corrected chi connectivity index (χ2v) is 5.18. The molecular weight excluding hydrogens is 242 g/mol. The van der Waals surface area contributed by atoms with Crippen molar-refractivity contribution in [2.75, 3.05) is 13.1 Å². The SMILES string of the molecule is Cc1cccc(CC(=O)N2CCC[C@H](C(=O)O)C2)c1. The van der Waals surface area contributed by atoms with Gasteiger partial charge in [0, 0.05) is 13.1 Å². The molecule has 0 unspecified atom stereocenters. The summed E-state index contributed by atoms with van der Waals surface area (Å²) in [7, 11) is 0. The average molecular weight is 261 g/mol. The minimum Gasteiger partial charge on any atom is -0.481 e. The molecule has 1 aliphatic rings. The molecule has 1 aliphatic heterocycles. The number of aryl methyl sites for hydroxylation is 1. The van der Waals surface area contributed by atoms with Gasteiger partial charge in [-0.3, -0.25) is 9.59 Å². The van der Waals surface area contributed by atoms with Gasteiger partial charge in [-0.2, -0.15) is 0 Å². The van der Waals surface area contributed by atoms with Gasteiger partial charge in [0.25, 0.3) is 0 Å². The lowest BCUT2D eigenvalue weighted by molar-refractivity contribution is -0.145. The van der Waals surface area contributed by atoms with E-state index in [0.717, 1.165) is 17.5 Å². The molecule has 1 N–H and O–H groups in total. The summed E-state index contributed by atoms with van der Waals surface area (Å²) in [5, 5.41) is 9.03. The van der Waals surface area contributed by atoms with Crippen molar-refractivity contribution < 1.29 is 14.7 Å². The minimum absolute atomic E-state index is 0.0246. The first-order chi connectivity index (χ1) is 9.06. The quantitative estimate of drug-likeness (QED) is 0.903. The maximum absolute atomic E-state index is 12.2. The van der Waals surface area contributed by atoms with E-state index in [2.05, 4.69) is 0 Å². The largest absolute Gasteiger partial charge is 0.481 e. The van der Waals surface area contributed by atoms with E-state index in [-0.39, 0.29) is 5.91 Å². The van der Waals surface area contributed by atoms with Gasteiger partial charge in [-0.05, 0) is 25.3 Å². The standard InChI is InChI=1S/C15H19NO3/c1-11-4-2-5-12(8-11)9-14(17)16-7-3-6-13(10-16)15(18)19/h2,4-5,8,13H,3,6-7,9-10H2,1H3,(H,18,19)/t13-/m0/s1. The molecule has 1 aromatic rings. The molecule has 2 rings (SSSR count). The number of likely N-dealkylation sites (tertiary alicyclic amines) is 1. The van der Waals surface area contributed by atoms with Crippen LogP contribution in [0.25, 0.3) is 0 Å². The monoisotopic (exact) mass is 261 g/mol. The zero-order valence-electron chi connectivity index (χ0n) is 11.1. The minimum atomic E-state index is -0.798. The molecular formula is C15H19NO3. The van der Waals surface area contributed by atoms with Crippen molar-refractivity contribution >= 4 is 11.9 Å². The van der Waals surface area contributed by atoms with Crippen LogP contribution in [0.3, 0.4) is 0 Å². The van der Waals surface area contributed by atoms with Crippen LogP contribution in [0.15, 0.2) is 24.3 Å². The van der Waals surface area contributed by atoms with Crippen molar-refractivity contribution in [3.63, 3.8) is 0 Å². The van der Waals surface area contributed by atoms with Crippen molar-refractivity contribution in [3.8, 4) is 0 Å². The smallest absolute Gasteiger partial charge is 0.308 e. The third-order valence-corrected chi connectivity index (χ3v) is 3.56. The fourth-order valence-electron chi connectivity index (χ4n) is 2.51. The van der Waals surface area contributed by atoms with Crippen LogP contribution in [-0.4, -0.2) is 35.0 Å². The average Bonchev–Trinajstić information content (AvgIpc) is 2.39. The van der Waals surface area contributed by atoms with E-state index >= 15 is 0 Å². The van der Waals surface area contributed by atoms with Crippen LogP contribution in [0.4, 0.5) is 0 Å². The van der Waals surface area contributed by atoms with E-state index in [4.69, 9.17) is 5.11 Å². The Morgan fingerprint density at radius 1 is 1.42 bits per heavy atom. The number of carbonyl (C=O) groups excluding carboxylic acids is 1. The molecule has 0 saturated carbocycles. The van der Waals surface area contributed by atoms with Crippen molar-refractivity contribution in [3.05, 3.63) is 35.4 Å². The van der Waals surface area contributed by atoms with E-state index in [1.54, 1.807) is 4.90 Å². The Kier molecular flexibility index (Phi) is 4.20. The van der Waals surface area contributed by atoms with E-state index in [0.29, 0.717) is 25.9 Å². The van der Waals surface area contributed by atoms with Crippen LogP contribution >= 0.6 is 0 Å². The Morgan fingerprint density at radius 3 is 2.89 bits per heavy atom. The molecule has 1 amide bonds. The number of amides is 1. The lowest BCUT2D eigenvalue weighted by Crippen LogP contribution is -2.42. The molecule has 102 valence electrons. The van der Waals surface area contributed by atoms with Crippen LogP contribution in [-0.2, 0) is 16.0 Å². The number of carboxylic acids is 1. The molecule has 0 aliphatic carbocycles. The van der Waals surface area contributed by atoms with Gasteiger partial charge in [0.1, 0.15) is 0 Å². The number of rotatable bonds is 3. The molecule has 19 heavy (non-hydrogen) atoms. The van der Waals surface area contributed by atoms with Crippen LogP contribution in [0.2, 0.25) is 0 Å². The number of hydrogen-bond acceptors (Lipinski definition) is 2. The molecule has 1 heterocycles. The third kappa shape index (κ3) is 3.56. The Labute approximate surface area is 113 Å². The topological polar surface area (TPSA) is 57.6 Å². The summed E-state index contributed by atoms with van der Waals surface area (Å²) in [6.07, 6.45) is 1.80. The lowest BCUT2D eigenvalue weighted by Gasteiger charge is -2.30. The Hall–Kier alpha value is -1.84. The highest BCUT2D eigenvalue weighted by atomic mass is 16.4. The Morgan fingerprint density at radius 2 is 2.21 bits per heavy atom. The summed E-state index contributed by atoms with van der Waals surface area (Å²) in [5.74, 6) is -1.18. The molecule has 1 fully saturated rings. The van der Waals surface area contributed by atoms with E-state index in [1.165, 1.54) is 0 Å². The molecule has 1 saturated heterocycles. The second kappa shape index (κ2) is 5.87. The van der Waals surface area contributed by atoms with Gasteiger partial charge in [-0.15, -0.1) is 0 Å². The predicted octanol–water partition coefficient (Wildman–Crippen LogP) is 1.86. The van der Waals surface area contributed by atoms with Gasteiger partial charge in [0.2, 0.25) is 5.91 Å². The number of nitrogens with zero attached hydrogens (tertiary/aromatic N) is 1. The Bertz CT molecular complexity index is 484. The van der Waals surface area contributed by atoms with Gasteiger partial charge in [-0.25, -0.2) is 0 Å². The summed E-state index contributed by atoms with van der Waals surface area (Å²) in [5.41, 5.74) is 2.12. The predicted molar refractivity (Wildman–Crippen MR) is 71.8 cm³/mol. The van der Waals surface area contributed by atoms with Crippen molar-refractivity contribution in [1.82, 2.24) is 4.90 Å². The highest BCUT2D eigenvalue weighted by Gasteiger charge is 2.27. The summed E-state index contributed by atoms with van der Waals surface area (Å²) in [4.78, 5) is 24.9. The summed E-state index contributed by atoms with van der Waals surface area (Å²) in [6, 6.07) is 7.86. The molecule has 1 aromatic carbocycles. The van der Waals surface area contributed by atoms with Crippen LogP contribution in [0.1, 0.15) is 24.0 Å². The summed E-state index contributed by atoms with van der Waals surface area (Å²) < 4.78 is 0.